The van der Waals surface area contributed by atoms with Gasteiger partial charge in [0.25, 0.3) is 0 Å². The third-order valence-electron chi connectivity index (χ3n) is 3.51. The highest BCUT2D eigenvalue weighted by molar-refractivity contribution is 7.91. The smallest absolute Gasteiger partial charge is 0.213 e. The average molecular weight is 359 g/mol. The second kappa shape index (κ2) is 7.07. The van der Waals surface area contributed by atoms with E-state index in [2.05, 4.69) is 0 Å². The van der Waals surface area contributed by atoms with Crippen molar-refractivity contribution in [3.8, 4) is 16.9 Å². The van der Waals surface area contributed by atoms with Crippen LogP contribution in [0.15, 0.2) is 83.8 Å². The Hall–Kier alpha value is -2.30. The highest BCUT2D eigenvalue weighted by Gasteiger charge is 2.16. The molecule has 0 unspecified atom stereocenters. The molecule has 0 aromatic heterocycles. The maximum atomic E-state index is 12.4. The first kappa shape index (κ1) is 16.6. The van der Waals surface area contributed by atoms with E-state index < -0.39 is 15.8 Å². The molecule has 0 atom stereocenters. The predicted molar refractivity (Wildman–Crippen MR) is 96.0 cm³/mol. The van der Waals surface area contributed by atoms with Gasteiger partial charge in [-0.05, 0) is 35.9 Å². The number of benzene rings is 3. The Morgan fingerprint density at radius 1 is 0.792 bits per heavy atom. The lowest BCUT2D eigenvalue weighted by atomic mass is 10.1. The first-order valence-corrected chi connectivity index (χ1v) is 9.35. The van der Waals surface area contributed by atoms with Crippen LogP contribution >= 0.6 is 11.6 Å². The Labute approximate surface area is 146 Å². The van der Waals surface area contributed by atoms with Crippen molar-refractivity contribution >= 4 is 21.4 Å². The van der Waals surface area contributed by atoms with Gasteiger partial charge in [0, 0.05) is 10.6 Å². The second-order valence-electron chi connectivity index (χ2n) is 5.19. The van der Waals surface area contributed by atoms with Gasteiger partial charge in [0.2, 0.25) is 9.84 Å². The van der Waals surface area contributed by atoms with E-state index in [1.165, 1.54) is 12.1 Å². The summed E-state index contributed by atoms with van der Waals surface area (Å²) in [5.74, 6) is 0.0969. The van der Waals surface area contributed by atoms with Crippen LogP contribution in [-0.2, 0) is 9.84 Å². The molecule has 3 nitrogen and oxygen atoms in total. The number of rotatable bonds is 5. The summed E-state index contributed by atoms with van der Waals surface area (Å²) in [5.41, 5.74) is 1.82. The van der Waals surface area contributed by atoms with Gasteiger partial charge >= 0.3 is 0 Å². The third-order valence-corrected chi connectivity index (χ3v) is 5.18. The van der Waals surface area contributed by atoms with Crippen LogP contribution in [0, 0.1) is 0 Å². The molecule has 0 aliphatic heterocycles. The molecule has 0 amide bonds. The van der Waals surface area contributed by atoms with Gasteiger partial charge in [0.15, 0.2) is 5.94 Å². The summed E-state index contributed by atoms with van der Waals surface area (Å²) in [4.78, 5) is 0.184. The van der Waals surface area contributed by atoms with Crippen LogP contribution in [0.2, 0.25) is 5.02 Å². The molecule has 0 radical (unpaired) electrons. The Morgan fingerprint density at radius 2 is 1.42 bits per heavy atom. The zero-order valence-corrected chi connectivity index (χ0v) is 14.3. The van der Waals surface area contributed by atoms with Gasteiger partial charge in [-0.1, -0.05) is 60.1 Å². The second-order valence-corrected chi connectivity index (χ2v) is 7.57. The van der Waals surface area contributed by atoms with E-state index in [9.17, 15) is 8.42 Å². The van der Waals surface area contributed by atoms with Crippen molar-refractivity contribution in [1.82, 2.24) is 0 Å². The SMILES string of the molecule is O=S(=O)(COc1ccccc1-c1ccccc1)c1ccc(Cl)cc1. The Morgan fingerprint density at radius 3 is 2.12 bits per heavy atom. The summed E-state index contributed by atoms with van der Waals surface area (Å²) in [7, 11) is -3.56. The van der Waals surface area contributed by atoms with Crippen LogP contribution in [-0.4, -0.2) is 14.4 Å². The van der Waals surface area contributed by atoms with Crippen molar-refractivity contribution in [2.45, 2.75) is 4.90 Å². The number of ether oxygens (including phenoxy) is 1. The monoisotopic (exact) mass is 358 g/mol. The molecule has 5 heteroatoms. The number of sulfone groups is 1. The zero-order valence-electron chi connectivity index (χ0n) is 12.7. The van der Waals surface area contributed by atoms with Crippen LogP contribution in [0.4, 0.5) is 0 Å². The summed E-state index contributed by atoms with van der Waals surface area (Å²) in [6, 6.07) is 23.1. The molecule has 122 valence electrons. The quantitative estimate of drug-likeness (QED) is 0.656. The van der Waals surface area contributed by atoms with Crippen molar-refractivity contribution in [3.63, 3.8) is 0 Å². The summed E-state index contributed by atoms with van der Waals surface area (Å²) in [6.07, 6.45) is 0. The highest BCUT2D eigenvalue weighted by Crippen LogP contribution is 2.30. The van der Waals surface area contributed by atoms with E-state index in [1.807, 2.05) is 48.5 Å². The van der Waals surface area contributed by atoms with Gasteiger partial charge in [0.05, 0.1) is 4.90 Å². The molecule has 0 saturated heterocycles. The van der Waals surface area contributed by atoms with Crippen LogP contribution in [0.3, 0.4) is 0 Å². The van der Waals surface area contributed by atoms with Gasteiger partial charge in [-0.25, -0.2) is 8.42 Å². The van der Waals surface area contributed by atoms with Crippen LogP contribution < -0.4 is 4.74 Å². The van der Waals surface area contributed by atoms with Gasteiger partial charge in [-0.3, -0.25) is 0 Å². The first-order valence-electron chi connectivity index (χ1n) is 7.32. The largest absolute Gasteiger partial charge is 0.477 e. The topological polar surface area (TPSA) is 43.4 Å². The summed E-state index contributed by atoms with van der Waals surface area (Å²) in [5, 5.41) is 0.490. The minimum absolute atomic E-state index is 0.184. The summed E-state index contributed by atoms with van der Waals surface area (Å²) < 4.78 is 30.4. The van der Waals surface area contributed by atoms with Crippen LogP contribution in [0.5, 0.6) is 5.75 Å². The van der Waals surface area contributed by atoms with Crippen molar-refractivity contribution in [2.75, 3.05) is 5.94 Å². The zero-order chi connectivity index (χ0) is 17.0. The fourth-order valence-electron chi connectivity index (χ4n) is 2.30. The fraction of sp³-hybridized carbons (Fsp3) is 0.0526. The summed E-state index contributed by atoms with van der Waals surface area (Å²) >= 11 is 5.80. The van der Waals surface area contributed by atoms with E-state index in [1.54, 1.807) is 18.2 Å². The molecule has 3 rings (SSSR count). The lowest BCUT2D eigenvalue weighted by Gasteiger charge is -2.12. The molecule has 0 saturated carbocycles. The molecule has 0 N–H and O–H groups in total. The molecule has 0 fully saturated rings. The number of hydrogen-bond donors (Lipinski definition) is 0. The molecule has 0 spiro atoms. The van der Waals surface area contributed by atoms with E-state index >= 15 is 0 Å². The molecular weight excluding hydrogens is 344 g/mol. The van der Waals surface area contributed by atoms with Crippen molar-refractivity contribution in [1.29, 1.82) is 0 Å². The molecule has 0 aliphatic rings. The predicted octanol–water partition coefficient (Wildman–Crippen LogP) is 4.82. The Kier molecular flexibility index (Phi) is 4.88. The molecular formula is C19H15ClO3S. The van der Waals surface area contributed by atoms with Crippen molar-refractivity contribution in [2.24, 2.45) is 0 Å². The average Bonchev–Trinajstić information content (AvgIpc) is 2.61. The number of halogens is 1. The maximum Gasteiger partial charge on any atom is 0.213 e. The minimum atomic E-state index is -3.56. The fourth-order valence-corrected chi connectivity index (χ4v) is 3.39. The van der Waals surface area contributed by atoms with E-state index in [4.69, 9.17) is 16.3 Å². The van der Waals surface area contributed by atoms with E-state index in [0.29, 0.717) is 10.8 Å². The third kappa shape index (κ3) is 3.78. The lowest BCUT2D eigenvalue weighted by Crippen LogP contribution is -2.12. The van der Waals surface area contributed by atoms with Gasteiger partial charge in [-0.15, -0.1) is 0 Å². The van der Waals surface area contributed by atoms with Gasteiger partial charge < -0.3 is 4.74 Å². The minimum Gasteiger partial charge on any atom is -0.477 e. The molecule has 3 aromatic rings. The van der Waals surface area contributed by atoms with Crippen molar-refractivity contribution in [3.05, 3.63) is 83.9 Å². The lowest BCUT2D eigenvalue weighted by molar-refractivity contribution is 0.378. The molecule has 0 bridgehead atoms. The molecule has 0 aliphatic carbocycles. The Balaban J connectivity index is 1.84. The van der Waals surface area contributed by atoms with Crippen LogP contribution in [0.1, 0.15) is 0 Å². The number of para-hydroxylation sites is 1. The first-order chi connectivity index (χ1) is 11.6. The van der Waals surface area contributed by atoms with E-state index in [-0.39, 0.29) is 4.90 Å². The molecule has 3 aromatic carbocycles. The molecule has 0 heterocycles. The van der Waals surface area contributed by atoms with Crippen molar-refractivity contribution < 1.29 is 13.2 Å². The van der Waals surface area contributed by atoms with Gasteiger partial charge in [0.1, 0.15) is 5.75 Å². The summed E-state index contributed by atoms with van der Waals surface area (Å²) in [6.45, 7) is 0. The Bertz CT molecular complexity index is 920. The molecule has 24 heavy (non-hydrogen) atoms. The standard InChI is InChI=1S/C19H15ClO3S/c20-16-10-12-17(13-11-16)24(21,22)14-23-19-9-5-4-8-18(19)15-6-2-1-3-7-15/h1-13H,14H2. The number of hydrogen-bond acceptors (Lipinski definition) is 3. The van der Waals surface area contributed by atoms with E-state index in [0.717, 1.165) is 11.1 Å². The van der Waals surface area contributed by atoms with Crippen LogP contribution in [0.25, 0.3) is 11.1 Å². The normalized spacial score (nSPS) is 11.2. The highest BCUT2D eigenvalue weighted by atomic mass is 35.5. The maximum absolute atomic E-state index is 12.4. The van der Waals surface area contributed by atoms with Gasteiger partial charge in [-0.2, -0.15) is 0 Å².